The van der Waals surface area contributed by atoms with E-state index in [0.717, 1.165) is 25.1 Å². The Labute approximate surface area is 152 Å². The van der Waals surface area contributed by atoms with Crippen molar-refractivity contribution >= 4 is 28.9 Å². The van der Waals surface area contributed by atoms with Crippen LogP contribution in [0.15, 0.2) is 36.4 Å². The second kappa shape index (κ2) is 9.14. The lowest BCUT2D eigenvalue weighted by Gasteiger charge is -2.14. The van der Waals surface area contributed by atoms with Crippen molar-refractivity contribution in [3.8, 4) is 5.75 Å². The summed E-state index contributed by atoms with van der Waals surface area (Å²) >= 11 is 12.0. The number of hydrogen-bond donors (Lipinski definition) is 3. The molecule has 4 N–H and O–H groups in total. The van der Waals surface area contributed by atoms with Gasteiger partial charge in [-0.1, -0.05) is 35.3 Å². The van der Waals surface area contributed by atoms with Gasteiger partial charge in [0.2, 0.25) is 0 Å². The third-order valence-electron chi connectivity index (χ3n) is 3.80. The second-order valence-electron chi connectivity index (χ2n) is 5.57. The van der Waals surface area contributed by atoms with E-state index in [1.165, 1.54) is 5.56 Å². The van der Waals surface area contributed by atoms with Crippen LogP contribution in [0.1, 0.15) is 23.7 Å². The molecule has 2 aromatic carbocycles. The summed E-state index contributed by atoms with van der Waals surface area (Å²) in [5.41, 5.74) is 7.94. The summed E-state index contributed by atoms with van der Waals surface area (Å²) < 4.78 is 5.14. The lowest BCUT2D eigenvalue weighted by Crippen LogP contribution is -2.23. The lowest BCUT2D eigenvalue weighted by atomic mass is 10.1. The fourth-order valence-corrected chi connectivity index (χ4v) is 2.87. The molecule has 0 saturated carbocycles. The zero-order chi connectivity index (χ0) is 17.5. The first-order chi connectivity index (χ1) is 11.5. The van der Waals surface area contributed by atoms with Crippen molar-refractivity contribution in [1.82, 2.24) is 5.32 Å². The number of nitrogen functional groups attached to an aromatic ring is 1. The Morgan fingerprint density at radius 1 is 1.17 bits per heavy atom. The van der Waals surface area contributed by atoms with Gasteiger partial charge in [0.05, 0.1) is 28.9 Å². The average Bonchev–Trinajstić information content (AvgIpc) is 2.59. The maximum atomic E-state index is 10.2. The molecule has 0 aromatic heterocycles. The van der Waals surface area contributed by atoms with Crippen LogP contribution in [0.4, 0.5) is 5.69 Å². The molecule has 0 amide bonds. The van der Waals surface area contributed by atoms with Crippen molar-refractivity contribution in [3.05, 3.63) is 57.6 Å². The number of aliphatic hydroxyl groups is 1. The molecule has 0 heterocycles. The standard InChI is InChI=1S/C18H22Cl2N2O2/c1-24-14-6-4-12(5-7-14)3-2-8-22-11-17(23)13-9-15(19)18(21)16(20)10-13/h4-7,9-10,17,22-23H,2-3,8,11,21H2,1H3. The Balaban J connectivity index is 1.73. The molecule has 1 atom stereocenters. The molecule has 6 heteroatoms. The van der Waals surface area contributed by atoms with Gasteiger partial charge in [-0.05, 0) is 54.8 Å². The van der Waals surface area contributed by atoms with E-state index < -0.39 is 6.10 Å². The van der Waals surface area contributed by atoms with Gasteiger partial charge in [-0.15, -0.1) is 0 Å². The topological polar surface area (TPSA) is 67.5 Å². The van der Waals surface area contributed by atoms with Crippen molar-refractivity contribution in [2.75, 3.05) is 25.9 Å². The van der Waals surface area contributed by atoms with E-state index in [1.54, 1.807) is 19.2 Å². The fraction of sp³-hybridized carbons (Fsp3) is 0.333. The molecular weight excluding hydrogens is 347 g/mol. The van der Waals surface area contributed by atoms with Crippen LogP contribution in [0, 0.1) is 0 Å². The number of ether oxygens (including phenoxy) is 1. The first-order valence-corrected chi connectivity index (χ1v) is 8.53. The summed E-state index contributed by atoms with van der Waals surface area (Å²) in [5.74, 6) is 0.862. The van der Waals surface area contributed by atoms with Crippen LogP contribution in [0.3, 0.4) is 0 Å². The molecule has 0 saturated heterocycles. The van der Waals surface area contributed by atoms with E-state index in [9.17, 15) is 5.11 Å². The van der Waals surface area contributed by atoms with Crippen LogP contribution < -0.4 is 15.8 Å². The van der Waals surface area contributed by atoms with E-state index in [4.69, 9.17) is 33.7 Å². The molecule has 0 spiro atoms. The number of hydrogen-bond acceptors (Lipinski definition) is 4. The van der Waals surface area contributed by atoms with Gasteiger partial charge >= 0.3 is 0 Å². The zero-order valence-corrected chi connectivity index (χ0v) is 15.1. The van der Waals surface area contributed by atoms with E-state index in [1.807, 2.05) is 12.1 Å². The summed E-state index contributed by atoms with van der Waals surface area (Å²) in [5, 5.41) is 14.2. The van der Waals surface area contributed by atoms with Crippen LogP contribution >= 0.6 is 23.2 Å². The third-order valence-corrected chi connectivity index (χ3v) is 4.43. The Hall–Kier alpha value is -1.46. The summed E-state index contributed by atoms with van der Waals surface area (Å²) in [4.78, 5) is 0. The number of aliphatic hydroxyl groups excluding tert-OH is 1. The van der Waals surface area contributed by atoms with Gasteiger partial charge < -0.3 is 20.9 Å². The van der Waals surface area contributed by atoms with Crippen molar-refractivity contribution < 1.29 is 9.84 Å². The maximum absolute atomic E-state index is 10.2. The van der Waals surface area contributed by atoms with Gasteiger partial charge in [0.15, 0.2) is 0 Å². The van der Waals surface area contributed by atoms with Crippen LogP contribution in [-0.2, 0) is 6.42 Å². The molecule has 0 bridgehead atoms. The number of halogens is 2. The summed E-state index contributed by atoms with van der Waals surface area (Å²) in [6.45, 7) is 1.23. The number of anilines is 1. The Morgan fingerprint density at radius 2 is 1.79 bits per heavy atom. The normalized spacial score (nSPS) is 12.2. The molecule has 24 heavy (non-hydrogen) atoms. The molecule has 0 radical (unpaired) electrons. The minimum atomic E-state index is -0.679. The van der Waals surface area contributed by atoms with Crippen molar-refractivity contribution in [2.45, 2.75) is 18.9 Å². The highest BCUT2D eigenvalue weighted by Gasteiger charge is 2.11. The van der Waals surface area contributed by atoms with E-state index in [0.29, 0.717) is 27.8 Å². The van der Waals surface area contributed by atoms with Gasteiger partial charge in [-0.25, -0.2) is 0 Å². The largest absolute Gasteiger partial charge is 0.497 e. The molecule has 130 valence electrons. The Morgan fingerprint density at radius 3 is 2.38 bits per heavy atom. The molecule has 0 aliphatic carbocycles. The van der Waals surface area contributed by atoms with Crippen molar-refractivity contribution in [1.29, 1.82) is 0 Å². The average molecular weight is 369 g/mol. The fourth-order valence-electron chi connectivity index (χ4n) is 2.36. The first-order valence-electron chi connectivity index (χ1n) is 7.77. The number of nitrogens with two attached hydrogens (primary N) is 1. The van der Waals surface area contributed by atoms with E-state index in [-0.39, 0.29) is 0 Å². The number of methoxy groups -OCH3 is 1. The predicted molar refractivity (Wildman–Crippen MR) is 100 cm³/mol. The minimum absolute atomic E-state index is 0.335. The summed E-state index contributed by atoms with van der Waals surface area (Å²) in [7, 11) is 1.66. The number of benzene rings is 2. The molecule has 0 aliphatic rings. The number of nitrogens with one attached hydrogen (secondary N) is 1. The van der Waals surface area contributed by atoms with Gasteiger partial charge in [-0.2, -0.15) is 0 Å². The van der Waals surface area contributed by atoms with Crippen LogP contribution in [0.2, 0.25) is 10.0 Å². The summed E-state index contributed by atoms with van der Waals surface area (Å²) in [6, 6.07) is 11.3. The Kier molecular flexibility index (Phi) is 7.18. The van der Waals surface area contributed by atoms with Gasteiger partial charge in [-0.3, -0.25) is 0 Å². The molecule has 4 nitrogen and oxygen atoms in total. The van der Waals surface area contributed by atoms with Gasteiger partial charge in [0.1, 0.15) is 5.75 Å². The second-order valence-corrected chi connectivity index (χ2v) is 6.38. The van der Waals surface area contributed by atoms with Gasteiger partial charge in [0.25, 0.3) is 0 Å². The monoisotopic (exact) mass is 368 g/mol. The molecule has 0 fully saturated rings. The van der Waals surface area contributed by atoms with Crippen LogP contribution in [0.5, 0.6) is 5.75 Å². The maximum Gasteiger partial charge on any atom is 0.118 e. The van der Waals surface area contributed by atoms with Crippen molar-refractivity contribution in [2.24, 2.45) is 0 Å². The smallest absolute Gasteiger partial charge is 0.118 e. The first kappa shape index (κ1) is 18.9. The van der Waals surface area contributed by atoms with Gasteiger partial charge in [0, 0.05) is 6.54 Å². The molecule has 0 aliphatic heterocycles. The molecular formula is C18H22Cl2N2O2. The van der Waals surface area contributed by atoms with Crippen LogP contribution in [-0.4, -0.2) is 25.3 Å². The highest BCUT2D eigenvalue weighted by molar-refractivity contribution is 6.38. The zero-order valence-electron chi connectivity index (χ0n) is 13.6. The predicted octanol–water partition coefficient (Wildman–Crippen LogP) is 3.84. The quantitative estimate of drug-likeness (QED) is 0.489. The molecule has 1 unspecified atom stereocenters. The highest BCUT2D eigenvalue weighted by Crippen LogP contribution is 2.31. The van der Waals surface area contributed by atoms with E-state index >= 15 is 0 Å². The molecule has 2 rings (SSSR count). The number of rotatable bonds is 8. The van der Waals surface area contributed by atoms with E-state index in [2.05, 4.69) is 17.4 Å². The van der Waals surface area contributed by atoms with Crippen LogP contribution in [0.25, 0.3) is 0 Å². The summed E-state index contributed by atoms with van der Waals surface area (Å²) in [6.07, 6.45) is 1.26. The van der Waals surface area contributed by atoms with Crippen molar-refractivity contribution in [3.63, 3.8) is 0 Å². The highest BCUT2D eigenvalue weighted by atomic mass is 35.5. The number of aryl methyl sites for hydroxylation is 1. The minimum Gasteiger partial charge on any atom is -0.497 e. The SMILES string of the molecule is COc1ccc(CCCNCC(O)c2cc(Cl)c(N)c(Cl)c2)cc1. The lowest BCUT2D eigenvalue weighted by molar-refractivity contribution is 0.175. The molecule has 2 aromatic rings. The Bertz CT molecular complexity index is 640. The third kappa shape index (κ3) is 5.28.